The van der Waals surface area contributed by atoms with E-state index in [9.17, 15) is 18.8 Å². The fourth-order valence-corrected chi connectivity index (χ4v) is 4.83. The molecule has 0 radical (unpaired) electrons. The second-order valence-corrected chi connectivity index (χ2v) is 12.3. The molecule has 3 N–H and O–H groups in total. The van der Waals surface area contributed by atoms with E-state index in [0.717, 1.165) is 0 Å². The maximum Gasteiger partial charge on any atom is 0.407 e. The van der Waals surface area contributed by atoms with Crippen LogP contribution in [0.25, 0.3) is 0 Å². The van der Waals surface area contributed by atoms with Gasteiger partial charge in [-0.1, -0.05) is 11.6 Å². The number of nitrogens with one attached hydrogen (secondary N) is 1. The van der Waals surface area contributed by atoms with E-state index in [4.69, 9.17) is 31.5 Å². The van der Waals surface area contributed by atoms with Crippen LogP contribution in [-0.4, -0.2) is 59.5 Å². The number of halogens is 2. The standard InChI is InChI=1S/C29H40ClFN4O6/c1-8-39-26(37)23-22(32)21(25(36)40-28(2,3)4)24(35(23)15-17-14-18(31)11-12-20(17)30)34-13-9-10-19(16-34)33-27(38)41-29(5,6)7/h11-12,14,19H,8-10,13,15-16,32H2,1-7H3,(H,33,38)/t19-/m1/s1. The van der Waals surface area contributed by atoms with E-state index < -0.39 is 35.1 Å². The molecular weight excluding hydrogens is 555 g/mol. The van der Waals surface area contributed by atoms with Gasteiger partial charge in [0.15, 0.2) is 5.69 Å². The highest BCUT2D eigenvalue weighted by Crippen LogP contribution is 2.38. The van der Waals surface area contributed by atoms with Crippen LogP contribution in [0.4, 0.5) is 20.7 Å². The number of esters is 2. The van der Waals surface area contributed by atoms with Gasteiger partial charge in [0.2, 0.25) is 0 Å². The molecule has 12 heteroatoms. The summed E-state index contributed by atoms with van der Waals surface area (Å²) < 4.78 is 32.2. The zero-order valence-corrected chi connectivity index (χ0v) is 25.5. The molecule has 0 saturated carbocycles. The van der Waals surface area contributed by atoms with Crippen molar-refractivity contribution in [2.24, 2.45) is 0 Å². The SMILES string of the molecule is CCOC(=O)c1c(N)c(C(=O)OC(C)(C)C)c(N2CCC[C@@H](NC(=O)OC(C)(C)C)C2)n1Cc1cc(F)ccc1Cl. The number of anilines is 2. The average molecular weight is 595 g/mol. The minimum absolute atomic E-state index is 0.0200. The molecule has 1 saturated heterocycles. The highest BCUT2D eigenvalue weighted by molar-refractivity contribution is 6.31. The van der Waals surface area contributed by atoms with Crippen molar-refractivity contribution in [3.8, 4) is 0 Å². The van der Waals surface area contributed by atoms with Gasteiger partial charge in [-0.2, -0.15) is 0 Å². The Labute approximate surface area is 245 Å². The van der Waals surface area contributed by atoms with Crippen molar-refractivity contribution in [2.45, 2.75) is 85.1 Å². The lowest BCUT2D eigenvalue weighted by Crippen LogP contribution is -2.49. The largest absolute Gasteiger partial charge is 0.461 e. The highest BCUT2D eigenvalue weighted by atomic mass is 35.5. The Morgan fingerprint density at radius 2 is 1.76 bits per heavy atom. The van der Waals surface area contributed by atoms with E-state index in [1.54, 1.807) is 48.5 Å². The summed E-state index contributed by atoms with van der Waals surface area (Å²) in [5, 5.41) is 3.16. The summed E-state index contributed by atoms with van der Waals surface area (Å²) >= 11 is 6.41. The van der Waals surface area contributed by atoms with Gasteiger partial charge >= 0.3 is 18.0 Å². The normalized spacial score (nSPS) is 15.8. The molecule has 0 unspecified atom stereocenters. The monoisotopic (exact) mass is 594 g/mol. The first-order valence-corrected chi connectivity index (χ1v) is 14.0. The van der Waals surface area contributed by atoms with E-state index in [0.29, 0.717) is 24.9 Å². The molecule has 2 aromatic rings. The van der Waals surface area contributed by atoms with E-state index in [-0.39, 0.29) is 53.5 Å². The fraction of sp³-hybridized carbons (Fsp3) is 0.552. The van der Waals surface area contributed by atoms with Crippen molar-refractivity contribution in [3.05, 3.63) is 45.9 Å². The van der Waals surface area contributed by atoms with Crippen LogP contribution < -0.4 is 16.0 Å². The molecule has 1 fully saturated rings. The van der Waals surface area contributed by atoms with Gasteiger partial charge < -0.3 is 34.7 Å². The van der Waals surface area contributed by atoms with Gasteiger partial charge in [-0.25, -0.2) is 18.8 Å². The second-order valence-electron chi connectivity index (χ2n) is 11.9. The molecule has 1 aliphatic heterocycles. The average Bonchev–Trinajstić information content (AvgIpc) is 3.11. The number of ether oxygens (including phenoxy) is 3. The Morgan fingerprint density at radius 3 is 2.37 bits per heavy atom. The molecule has 0 aliphatic carbocycles. The second kappa shape index (κ2) is 12.6. The maximum absolute atomic E-state index is 14.3. The Balaban J connectivity index is 2.18. The van der Waals surface area contributed by atoms with Crippen molar-refractivity contribution in [3.63, 3.8) is 0 Å². The minimum atomic E-state index is -0.860. The summed E-state index contributed by atoms with van der Waals surface area (Å²) in [6.45, 7) is 12.9. The number of nitrogens with zero attached hydrogens (tertiary/aromatic N) is 2. The van der Waals surface area contributed by atoms with Crippen molar-refractivity contribution in [2.75, 3.05) is 30.3 Å². The number of nitrogens with two attached hydrogens (primary N) is 1. The first kappa shape index (κ1) is 32.0. The Bertz CT molecular complexity index is 1300. The lowest BCUT2D eigenvalue weighted by molar-refractivity contribution is 0.00707. The molecule has 226 valence electrons. The number of benzene rings is 1. The molecule has 2 heterocycles. The third kappa shape index (κ3) is 8.28. The molecule has 1 aromatic carbocycles. The Hall–Kier alpha value is -3.47. The van der Waals surface area contributed by atoms with Gasteiger partial charge in [0, 0.05) is 24.2 Å². The molecule has 10 nitrogen and oxygen atoms in total. The van der Waals surface area contributed by atoms with Gasteiger partial charge in [0.25, 0.3) is 0 Å². The maximum atomic E-state index is 14.3. The van der Waals surface area contributed by atoms with Crippen LogP contribution in [0.3, 0.4) is 0 Å². The van der Waals surface area contributed by atoms with E-state index in [1.165, 1.54) is 22.8 Å². The molecule has 1 aliphatic rings. The summed E-state index contributed by atoms with van der Waals surface area (Å²) in [6.07, 6.45) is 0.744. The predicted octanol–water partition coefficient (Wildman–Crippen LogP) is 5.54. The quantitative estimate of drug-likeness (QED) is 0.316. The summed E-state index contributed by atoms with van der Waals surface area (Å²) in [7, 11) is 0. The number of amides is 1. The number of hydrogen-bond acceptors (Lipinski definition) is 8. The van der Waals surface area contributed by atoms with Crippen LogP contribution >= 0.6 is 11.6 Å². The number of aromatic nitrogens is 1. The van der Waals surface area contributed by atoms with Crippen LogP contribution in [0.1, 0.15) is 87.7 Å². The minimum Gasteiger partial charge on any atom is -0.461 e. The third-order valence-corrected chi connectivity index (χ3v) is 6.49. The highest BCUT2D eigenvalue weighted by Gasteiger charge is 2.37. The fourth-order valence-electron chi connectivity index (χ4n) is 4.65. The van der Waals surface area contributed by atoms with E-state index in [2.05, 4.69) is 5.32 Å². The number of alkyl carbamates (subject to hydrolysis) is 1. The number of piperidine rings is 1. The lowest BCUT2D eigenvalue weighted by Gasteiger charge is -2.36. The van der Waals surface area contributed by atoms with Gasteiger partial charge in [-0.3, -0.25) is 0 Å². The molecule has 0 spiro atoms. The lowest BCUT2D eigenvalue weighted by atomic mass is 10.0. The first-order valence-electron chi connectivity index (χ1n) is 13.6. The summed E-state index contributed by atoms with van der Waals surface area (Å²) in [6, 6.07) is 3.57. The zero-order chi connectivity index (χ0) is 30.7. The van der Waals surface area contributed by atoms with Crippen molar-refractivity contribution in [1.29, 1.82) is 0 Å². The topological polar surface area (TPSA) is 125 Å². The van der Waals surface area contributed by atoms with Crippen LogP contribution in [0.15, 0.2) is 18.2 Å². The van der Waals surface area contributed by atoms with Crippen molar-refractivity contribution >= 4 is 41.1 Å². The Morgan fingerprint density at radius 1 is 1.10 bits per heavy atom. The van der Waals surface area contributed by atoms with E-state index in [1.807, 2.05) is 4.90 Å². The first-order chi connectivity index (χ1) is 19.0. The summed E-state index contributed by atoms with van der Waals surface area (Å²) in [5.41, 5.74) is 5.13. The van der Waals surface area contributed by atoms with Crippen molar-refractivity contribution in [1.82, 2.24) is 9.88 Å². The third-order valence-electron chi connectivity index (χ3n) is 6.12. The van der Waals surface area contributed by atoms with Crippen LogP contribution in [0.2, 0.25) is 5.02 Å². The smallest absolute Gasteiger partial charge is 0.407 e. The number of nitrogen functional groups attached to an aromatic ring is 1. The summed E-state index contributed by atoms with van der Waals surface area (Å²) in [4.78, 5) is 41.3. The number of carbonyl (C=O) groups excluding carboxylic acids is 3. The molecule has 1 aromatic heterocycles. The van der Waals surface area contributed by atoms with Gasteiger partial charge in [-0.05, 0) is 85.1 Å². The Kier molecular flexibility index (Phi) is 9.84. The predicted molar refractivity (Wildman–Crippen MR) is 155 cm³/mol. The van der Waals surface area contributed by atoms with Crippen LogP contribution in [-0.2, 0) is 20.8 Å². The van der Waals surface area contributed by atoms with E-state index >= 15 is 0 Å². The number of carbonyl (C=O) groups is 3. The molecule has 1 atom stereocenters. The van der Waals surface area contributed by atoms with Gasteiger partial charge in [0.05, 0.1) is 18.8 Å². The molecule has 41 heavy (non-hydrogen) atoms. The van der Waals surface area contributed by atoms with Gasteiger partial charge in [-0.15, -0.1) is 0 Å². The molecule has 1 amide bonds. The molecule has 0 bridgehead atoms. The van der Waals surface area contributed by atoms with Gasteiger partial charge in [0.1, 0.15) is 28.4 Å². The zero-order valence-electron chi connectivity index (χ0n) is 24.7. The van der Waals surface area contributed by atoms with Crippen molar-refractivity contribution < 1.29 is 33.0 Å². The van der Waals surface area contributed by atoms with Crippen LogP contribution in [0.5, 0.6) is 0 Å². The summed E-state index contributed by atoms with van der Waals surface area (Å²) in [5.74, 6) is -1.72. The number of rotatable bonds is 7. The molecule has 3 rings (SSSR count). The molecular formula is C29H40ClFN4O6. The number of hydrogen-bond donors (Lipinski definition) is 2. The van der Waals surface area contributed by atoms with Crippen LogP contribution in [0, 0.1) is 5.82 Å².